The van der Waals surface area contributed by atoms with Crippen LogP contribution >= 0.6 is 0 Å². The van der Waals surface area contributed by atoms with E-state index < -0.39 is 12.1 Å². The summed E-state index contributed by atoms with van der Waals surface area (Å²) < 4.78 is 0. The average molecular weight is 205 g/mol. The minimum Gasteiger partial charge on any atom is -0.324 e. The van der Waals surface area contributed by atoms with E-state index in [1.807, 2.05) is 30.3 Å². The number of nitrogens with two attached hydrogens (primary N) is 1. The van der Waals surface area contributed by atoms with E-state index in [4.69, 9.17) is 5.84 Å². The van der Waals surface area contributed by atoms with Gasteiger partial charge in [-0.05, 0) is 5.56 Å². The molecule has 3 amide bonds. The van der Waals surface area contributed by atoms with Crippen LogP contribution in [0.1, 0.15) is 5.56 Å². The molecular weight excluding hydrogens is 194 g/mol. The molecule has 0 aliphatic carbocycles. The van der Waals surface area contributed by atoms with Gasteiger partial charge in [0, 0.05) is 6.42 Å². The van der Waals surface area contributed by atoms with Crippen LogP contribution in [0, 0.1) is 0 Å². The van der Waals surface area contributed by atoms with Gasteiger partial charge in [0.1, 0.15) is 6.04 Å². The molecule has 0 bridgehead atoms. The molecular formula is C10H11N3O2. The highest BCUT2D eigenvalue weighted by atomic mass is 16.2. The maximum absolute atomic E-state index is 11.4. The second-order valence-electron chi connectivity index (χ2n) is 3.40. The van der Waals surface area contributed by atoms with Crippen molar-refractivity contribution in [3.8, 4) is 0 Å². The first-order chi connectivity index (χ1) is 7.18. The van der Waals surface area contributed by atoms with Crippen molar-refractivity contribution in [3.63, 3.8) is 0 Å². The lowest BCUT2D eigenvalue weighted by Crippen LogP contribution is -2.38. The van der Waals surface area contributed by atoms with E-state index in [0.717, 1.165) is 5.56 Å². The van der Waals surface area contributed by atoms with Crippen LogP contribution in [-0.2, 0) is 11.2 Å². The van der Waals surface area contributed by atoms with E-state index in [2.05, 4.69) is 5.32 Å². The van der Waals surface area contributed by atoms with Gasteiger partial charge in [-0.15, -0.1) is 0 Å². The van der Waals surface area contributed by atoms with E-state index >= 15 is 0 Å². The predicted molar refractivity (Wildman–Crippen MR) is 53.5 cm³/mol. The largest absolute Gasteiger partial charge is 0.339 e. The zero-order valence-electron chi connectivity index (χ0n) is 8.01. The Bertz CT molecular complexity index is 391. The minimum atomic E-state index is -0.541. The highest BCUT2D eigenvalue weighted by Gasteiger charge is 2.35. The molecule has 1 atom stereocenters. The van der Waals surface area contributed by atoms with E-state index in [9.17, 15) is 9.59 Å². The van der Waals surface area contributed by atoms with Gasteiger partial charge in [0.2, 0.25) is 0 Å². The SMILES string of the molecule is NN1C(=O)NC(Cc2ccccc2)C1=O. The molecule has 1 aliphatic rings. The summed E-state index contributed by atoms with van der Waals surface area (Å²) >= 11 is 0. The standard InChI is InChI=1S/C10H11N3O2/c11-13-9(14)8(12-10(13)15)6-7-4-2-1-3-5-7/h1-5,8H,6,11H2,(H,12,15). The molecule has 1 aliphatic heterocycles. The number of hydrogen-bond donors (Lipinski definition) is 2. The third-order valence-corrected chi connectivity index (χ3v) is 2.33. The molecule has 5 nitrogen and oxygen atoms in total. The van der Waals surface area contributed by atoms with Gasteiger partial charge in [0.25, 0.3) is 5.91 Å². The molecule has 15 heavy (non-hydrogen) atoms. The van der Waals surface area contributed by atoms with E-state index in [0.29, 0.717) is 11.4 Å². The first-order valence-corrected chi connectivity index (χ1v) is 4.61. The number of hydrazine groups is 1. The van der Waals surface area contributed by atoms with Gasteiger partial charge in [0.05, 0.1) is 0 Å². The Kier molecular flexibility index (Phi) is 2.39. The van der Waals surface area contributed by atoms with Gasteiger partial charge in [-0.2, -0.15) is 5.01 Å². The van der Waals surface area contributed by atoms with Gasteiger partial charge >= 0.3 is 6.03 Å². The highest BCUT2D eigenvalue weighted by Crippen LogP contribution is 2.09. The van der Waals surface area contributed by atoms with Crippen LogP contribution in [0.5, 0.6) is 0 Å². The summed E-state index contributed by atoms with van der Waals surface area (Å²) in [4.78, 5) is 22.5. The monoisotopic (exact) mass is 205 g/mol. The second-order valence-corrected chi connectivity index (χ2v) is 3.40. The van der Waals surface area contributed by atoms with Gasteiger partial charge in [-0.3, -0.25) is 4.79 Å². The smallest absolute Gasteiger partial charge is 0.324 e. The topological polar surface area (TPSA) is 75.4 Å². The summed E-state index contributed by atoms with van der Waals surface area (Å²) in [5, 5.41) is 3.13. The number of carbonyl (C=O) groups is 2. The second kappa shape index (κ2) is 3.70. The number of urea groups is 1. The molecule has 0 radical (unpaired) electrons. The molecule has 0 spiro atoms. The van der Waals surface area contributed by atoms with Crippen LogP contribution in [0.25, 0.3) is 0 Å². The Labute approximate surface area is 86.8 Å². The highest BCUT2D eigenvalue weighted by molar-refractivity contribution is 6.03. The molecule has 1 saturated heterocycles. The molecule has 1 aromatic carbocycles. The van der Waals surface area contributed by atoms with Crippen molar-refractivity contribution in [1.29, 1.82) is 0 Å². The molecule has 1 fully saturated rings. The zero-order chi connectivity index (χ0) is 10.8. The lowest BCUT2D eigenvalue weighted by molar-refractivity contribution is -0.127. The number of nitrogens with zero attached hydrogens (tertiary/aromatic N) is 1. The lowest BCUT2D eigenvalue weighted by Gasteiger charge is -2.07. The van der Waals surface area contributed by atoms with Crippen LogP contribution in [0.3, 0.4) is 0 Å². The predicted octanol–water partition coefficient (Wildman–Crippen LogP) is 0.0232. The Balaban J connectivity index is 2.09. The summed E-state index contributed by atoms with van der Waals surface area (Å²) in [5.41, 5.74) is 0.992. The van der Waals surface area contributed by atoms with Gasteiger partial charge in [0.15, 0.2) is 0 Å². The molecule has 0 saturated carbocycles. The number of nitrogens with one attached hydrogen (secondary N) is 1. The van der Waals surface area contributed by atoms with E-state index in [1.54, 1.807) is 0 Å². The Morgan fingerprint density at radius 1 is 1.27 bits per heavy atom. The molecule has 0 aromatic heterocycles. The van der Waals surface area contributed by atoms with Crippen LogP contribution in [-0.4, -0.2) is 23.0 Å². The molecule has 1 unspecified atom stereocenters. The molecule has 2 rings (SSSR count). The van der Waals surface area contributed by atoms with Gasteiger partial charge in [-0.25, -0.2) is 10.6 Å². The summed E-state index contributed by atoms with van der Waals surface area (Å²) in [7, 11) is 0. The van der Waals surface area contributed by atoms with E-state index in [-0.39, 0.29) is 5.91 Å². The first-order valence-electron chi connectivity index (χ1n) is 4.61. The van der Waals surface area contributed by atoms with Crippen LogP contribution in [0.15, 0.2) is 30.3 Å². The summed E-state index contributed by atoms with van der Waals surface area (Å²) in [6.07, 6.45) is 0.471. The summed E-state index contributed by atoms with van der Waals surface area (Å²) in [6.45, 7) is 0. The van der Waals surface area contributed by atoms with Crippen molar-refractivity contribution in [2.75, 3.05) is 0 Å². The van der Waals surface area contributed by atoms with Crippen molar-refractivity contribution in [2.24, 2.45) is 5.84 Å². The fourth-order valence-electron chi connectivity index (χ4n) is 1.54. The fraction of sp³-hybridized carbons (Fsp3) is 0.200. The molecule has 1 aromatic rings. The zero-order valence-corrected chi connectivity index (χ0v) is 8.01. The van der Waals surface area contributed by atoms with Crippen LogP contribution < -0.4 is 11.2 Å². The number of carbonyl (C=O) groups excluding carboxylic acids is 2. The van der Waals surface area contributed by atoms with Gasteiger partial charge < -0.3 is 5.32 Å². The summed E-state index contributed by atoms with van der Waals surface area (Å²) in [6, 6.07) is 8.39. The maximum atomic E-state index is 11.4. The molecule has 78 valence electrons. The fourth-order valence-corrected chi connectivity index (χ4v) is 1.54. The third-order valence-electron chi connectivity index (χ3n) is 2.33. The van der Waals surface area contributed by atoms with Crippen molar-refractivity contribution in [1.82, 2.24) is 10.3 Å². The van der Waals surface area contributed by atoms with Crippen LogP contribution in [0.2, 0.25) is 0 Å². The quantitative estimate of drug-likeness (QED) is 0.406. The number of benzene rings is 1. The number of amides is 3. The van der Waals surface area contributed by atoms with Crippen molar-refractivity contribution in [3.05, 3.63) is 35.9 Å². The number of rotatable bonds is 2. The molecule has 1 heterocycles. The maximum Gasteiger partial charge on any atom is 0.339 e. The minimum absolute atomic E-state index is 0.385. The first kappa shape index (κ1) is 9.67. The summed E-state index contributed by atoms with van der Waals surface area (Å²) in [5.74, 6) is 4.85. The average Bonchev–Trinajstić information content (AvgIpc) is 2.48. The number of hydrogen-bond acceptors (Lipinski definition) is 3. The normalized spacial score (nSPS) is 20.6. The third kappa shape index (κ3) is 1.82. The Morgan fingerprint density at radius 2 is 1.93 bits per heavy atom. The van der Waals surface area contributed by atoms with Crippen molar-refractivity contribution in [2.45, 2.75) is 12.5 Å². The lowest BCUT2D eigenvalue weighted by atomic mass is 10.1. The van der Waals surface area contributed by atoms with Crippen molar-refractivity contribution >= 4 is 11.9 Å². The van der Waals surface area contributed by atoms with Crippen LogP contribution in [0.4, 0.5) is 4.79 Å². The Hall–Kier alpha value is -1.88. The number of imide groups is 1. The van der Waals surface area contributed by atoms with Gasteiger partial charge in [-0.1, -0.05) is 30.3 Å². The molecule has 3 N–H and O–H groups in total. The Morgan fingerprint density at radius 3 is 2.47 bits per heavy atom. The molecule has 5 heteroatoms. The van der Waals surface area contributed by atoms with Crippen molar-refractivity contribution < 1.29 is 9.59 Å². The van der Waals surface area contributed by atoms with E-state index in [1.165, 1.54) is 0 Å².